The smallest absolute Gasteiger partial charge is 0.326 e. The molecule has 0 saturated carbocycles. The van der Waals surface area contributed by atoms with Crippen molar-refractivity contribution >= 4 is 21.7 Å². The molecule has 0 aliphatic rings. The van der Waals surface area contributed by atoms with Crippen molar-refractivity contribution in [3.8, 4) is 0 Å². The first kappa shape index (κ1) is 20.2. The molecule has 7 heteroatoms. The first-order chi connectivity index (χ1) is 11.2. The number of carboxylic acid groups (broad SMARTS) is 1. The second-order valence-electron chi connectivity index (χ2n) is 6.27. The van der Waals surface area contributed by atoms with Crippen LogP contribution in [0.5, 0.6) is 0 Å². The van der Waals surface area contributed by atoms with Gasteiger partial charge in [-0.2, -0.15) is 0 Å². The van der Waals surface area contributed by atoms with Gasteiger partial charge in [0.2, 0.25) is 5.91 Å². The van der Waals surface area contributed by atoms with Gasteiger partial charge in [-0.1, -0.05) is 44.2 Å². The number of sulfone groups is 1. The van der Waals surface area contributed by atoms with E-state index in [-0.39, 0.29) is 18.1 Å². The highest BCUT2D eigenvalue weighted by atomic mass is 32.2. The third kappa shape index (κ3) is 8.10. The largest absolute Gasteiger partial charge is 0.480 e. The van der Waals surface area contributed by atoms with Crippen molar-refractivity contribution in [3.63, 3.8) is 0 Å². The van der Waals surface area contributed by atoms with Crippen LogP contribution in [0.1, 0.15) is 32.3 Å². The number of nitrogens with one attached hydrogen (secondary N) is 1. The lowest BCUT2D eigenvalue weighted by Gasteiger charge is -2.16. The molecule has 0 heterocycles. The molecule has 6 nitrogen and oxygen atoms in total. The molecule has 24 heavy (non-hydrogen) atoms. The maximum Gasteiger partial charge on any atom is 0.326 e. The summed E-state index contributed by atoms with van der Waals surface area (Å²) in [6, 6.07) is 8.44. The average Bonchev–Trinajstić information content (AvgIpc) is 2.46. The zero-order valence-corrected chi connectivity index (χ0v) is 14.9. The molecule has 2 N–H and O–H groups in total. The first-order valence-corrected chi connectivity index (χ1v) is 9.78. The number of carbonyl (C=O) groups is 2. The van der Waals surface area contributed by atoms with Crippen molar-refractivity contribution in [2.75, 3.05) is 11.5 Å². The molecule has 0 fully saturated rings. The van der Waals surface area contributed by atoms with Crippen LogP contribution in [0.25, 0.3) is 0 Å². The summed E-state index contributed by atoms with van der Waals surface area (Å²) in [5.41, 5.74) is 1.04. The van der Waals surface area contributed by atoms with Crippen LogP contribution in [0.4, 0.5) is 0 Å². The van der Waals surface area contributed by atoms with Gasteiger partial charge in [0.15, 0.2) is 9.84 Å². The Morgan fingerprint density at radius 3 is 2.33 bits per heavy atom. The maximum absolute atomic E-state index is 12.0. The summed E-state index contributed by atoms with van der Waals surface area (Å²) < 4.78 is 24.0. The molecule has 1 amide bonds. The number of hydrogen-bond donors (Lipinski definition) is 2. The van der Waals surface area contributed by atoms with Crippen LogP contribution >= 0.6 is 0 Å². The van der Waals surface area contributed by atoms with Crippen molar-refractivity contribution in [3.05, 3.63) is 35.9 Å². The molecule has 1 aromatic carbocycles. The van der Waals surface area contributed by atoms with E-state index in [4.69, 9.17) is 5.11 Å². The minimum Gasteiger partial charge on any atom is -0.480 e. The Bertz CT molecular complexity index is 640. The summed E-state index contributed by atoms with van der Waals surface area (Å²) in [5.74, 6) is -2.61. The standard InChI is InChI=1S/C17H25NO5S/c1-13(2)11-15(17(20)21)18-16(19)12-24(22,23)10-6-9-14-7-4-3-5-8-14/h3-5,7-8,13,15H,6,9-12H2,1-2H3,(H,18,19)(H,20,21)/t15-/m0/s1. The predicted molar refractivity (Wildman–Crippen MR) is 92.4 cm³/mol. The average molecular weight is 355 g/mol. The first-order valence-electron chi connectivity index (χ1n) is 7.96. The lowest BCUT2D eigenvalue weighted by Crippen LogP contribution is -2.44. The number of rotatable bonds is 10. The predicted octanol–water partition coefficient (Wildman–Crippen LogP) is 1.65. The van der Waals surface area contributed by atoms with Gasteiger partial charge >= 0.3 is 5.97 Å². The molecule has 134 valence electrons. The third-order valence-electron chi connectivity index (χ3n) is 3.46. The SMILES string of the molecule is CC(C)C[C@H](NC(=O)CS(=O)(=O)CCCc1ccccc1)C(=O)O. The molecule has 0 aliphatic heterocycles. The summed E-state index contributed by atoms with van der Waals surface area (Å²) in [4.78, 5) is 22.9. The molecule has 0 aliphatic carbocycles. The number of carboxylic acids is 1. The molecule has 1 rings (SSSR count). The van der Waals surface area contributed by atoms with Gasteiger partial charge in [0.1, 0.15) is 11.8 Å². The van der Waals surface area contributed by atoms with Crippen molar-refractivity contribution < 1.29 is 23.1 Å². The van der Waals surface area contributed by atoms with Crippen molar-refractivity contribution in [2.45, 2.75) is 39.2 Å². The Morgan fingerprint density at radius 2 is 1.79 bits per heavy atom. The summed E-state index contributed by atoms with van der Waals surface area (Å²) in [5, 5.41) is 11.4. The molecule has 0 bridgehead atoms. The highest BCUT2D eigenvalue weighted by Crippen LogP contribution is 2.07. The second kappa shape index (κ2) is 9.42. The van der Waals surface area contributed by atoms with Gasteiger partial charge in [0, 0.05) is 0 Å². The van der Waals surface area contributed by atoms with Gasteiger partial charge in [0.05, 0.1) is 5.75 Å². The van der Waals surface area contributed by atoms with E-state index in [2.05, 4.69) is 5.32 Å². The topological polar surface area (TPSA) is 101 Å². The lowest BCUT2D eigenvalue weighted by molar-refractivity contribution is -0.141. The molecule has 0 radical (unpaired) electrons. The Hall–Kier alpha value is -1.89. The van der Waals surface area contributed by atoms with E-state index >= 15 is 0 Å². The highest BCUT2D eigenvalue weighted by molar-refractivity contribution is 7.92. The van der Waals surface area contributed by atoms with E-state index < -0.39 is 33.5 Å². The minimum atomic E-state index is -3.56. The molecule has 1 atom stereocenters. The highest BCUT2D eigenvalue weighted by Gasteiger charge is 2.24. The Morgan fingerprint density at radius 1 is 1.17 bits per heavy atom. The van der Waals surface area contributed by atoms with Gasteiger partial charge in [-0.05, 0) is 30.7 Å². The van der Waals surface area contributed by atoms with Gasteiger partial charge in [-0.15, -0.1) is 0 Å². The Kier molecular flexibility index (Phi) is 7.91. The number of aliphatic carboxylic acids is 1. The quantitative estimate of drug-likeness (QED) is 0.665. The van der Waals surface area contributed by atoms with Crippen LogP contribution in [-0.2, 0) is 25.8 Å². The van der Waals surface area contributed by atoms with Gasteiger partial charge in [-0.3, -0.25) is 4.79 Å². The van der Waals surface area contributed by atoms with Crippen LogP contribution in [0.3, 0.4) is 0 Å². The van der Waals surface area contributed by atoms with E-state index in [0.29, 0.717) is 12.8 Å². The van der Waals surface area contributed by atoms with Crippen molar-refractivity contribution in [1.82, 2.24) is 5.32 Å². The number of hydrogen-bond acceptors (Lipinski definition) is 4. The zero-order chi connectivity index (χ0) is 18.2. The fourth-order valence-corrected chi connectivity index (χ4v) is 3.55. The summed E-state index contributed by atoms with van der Waals surface area (Å²) in [6.45, 7) is 3.67. The molecule has 1 aromatic rings. The minimum absolute atomic E-state index is 0.0777. The van der Waals surface area contributed by atoms with Crippen LogP contribution in [0.15, 0.2) is 30.3 Å². The zero-order valence-electron chi connectivity index (χ0n) is 14.1. The van der Waals surface area contributed by atoms with Crippen molar-refractivity contribution in [2.24, 2.45) is 5.92 Å². The maximum atomic E-state index is 12.0. The van der Waals surface area contributed by atoms with E-state index in [9.17, 15) is 18.0 Å². The van der Waals surface area contributed by atoms with E-state index in [0.717, 1.165) is 5.56 Å². The fourth-order valence-electron chi connectivity index (χ4n) is 2.34. The van der Waals surface area contributed by atoms with Gasteiger partial charge in [-0.25, -0.2) is 13.2 Å². The Balaban J connectivity index is 2.47. The number of amides is 1. The van der Waals surface area contributed by atoms with Crippen LogP contribution in [0.2, 0.25) is 0 Å². The number of benzene rings is 1. The number of aryl methyl sites for hydroxylation is 1. The van der Waals surface area contributed by atoms with Crippen LogP contribution < -0.4 is 5.32 Å². The molecular weight excluding hydrogens is 330 g/mol. The van der Waals surface area contributed by atoms with Crippen LogP contribution in [0, 0.1) is 5.92 Å². The van der Waals surface area contributed by atoms with Gasteiger partial charge < -0.3 is 10.4 Å². The normalized spacial score (nSPS) is 12.8. The molecule has 0 aromatic heterocycles. The summed E-state index contributed by atoms with van der Waals surface area (Å²) in [7, 11) is -3.56. The van der Waals surface area contributed by atoms with E-state index in [1.807, 2.05) is 44.2 Å². The summed E-state index contributed by atoms with van der Waals surface area (Å²) in [6.07, 6.45) is 1.30. The van der Waals surface area contributed by atoms with Crippen molar-refractivity contribution in [1.29, 1.82) is 0 Å². The molecule has 0 saturated heterocycles. The third-order valence-corrected chi connectivity index (χ3v) is 5.07. The molecular formula is C17H25NO5S. The number of carbonyl (C=O) groups excluding carboxylic acids is 1. The summed E-state index contributed by atoms with van der Waals surface area (Å²) >= 11 is 0. The van der Waals surface area contributed by atoms with Gasteiger partial charge in [0.25, 0.3) is 0 Å². The van der Waals surface area contributed by atoms with E-state index in [1.54, 1.807) is 0 Å². The van der Waals surface area contributed by atoms with Crippen LogP contribution in [-0.4, -0.2) is 42.9 Å². The molecule has 0 unspecified atom stereocenters. The second-order valence-corrected chi connectivity index (χ2v) is 8.45. The van der Waals surface area contributed by atoms with E-state index in [1.165, 1.54) is 0 Å². The Labute approximate surface area is 143 Å². The fraction of sp³-hybridized carbons (Fsp3) is 0.529. The molecule has 0 spiro atoms. The lowest BCUT2D eigenvalue weighted by atomic mass is 10.0. The monoisotopic (exact) mass is 355 g/mol.